The van der Waals surface area contributed by atoms with Gasteiger partial charge in [0.05, 0.1) is 23.7 Å². The summed E-state index contributed by atoms with van der Waals surface area (Å²) < 4.78 is 4.80. The lowest BCUT2D eigenvalue weighted by molar-refractivity contribution is 0.0600. The highest BCUT2D eigenvalue weighted by Gasteiger charge is 2.21. The smallest absolute Gasteiger partial charge is 0.337 e. The number of aromatic nitrogens is 2. The number of aromatic amines is 1. The number of urea groups is 1. The first-order valence-electron chi connectivity index (χ1n) is 13.2. The van der Waals surface area contributed by atoms with Crippen molar-refractivity contribution >= 4 is 34.4 Å². The van der Waals surface area contributed by atoms with Crippen LogP contribution in [-0.4, -0.2) is 49.2 Å². The van der Waals surface area contributed by atoms with Gasteiger partial charge in [0.1, 0.15) is 5.82 Å². The molecular formula is C32H29N5O3. The van der Waals surface area contributed by atoms with Gasteiger partial charge >= 0.3 is 12.0 Å². The predicted molar refractivity (Wildman–Crippen MR) is 159 cm³/mol. The number of H-pyrrole nitrogens is 1. The maximum atomic E-state index is 12.7. The van der Waals surface area contributed by atoms with Gasteiger partial charge in [0.25, 0.3) is 0 Å². The van der Waals surface area contributed by atoms with Crippen LogP contribution < -0.4 is 15.5 Å². The highest BCUT2D eigenvalue weighted by Crippen LogP contribution is 2.35. The maximum Gasteiger partial charge on any atom is 0.337 e. The zero-order valence-corrected chi connectivity index (χ0v) is 22.3. The summed E-state index contributed by atoms with van der Waals surface area (Å²) in [6.07, 6.45) is 0.893. The standard InChI is InChI=1S/C32H29N5O3/c1-33-26-6-3-5-22(16-26)24-15-25(18-27(17-24)37-14-4-13-34-32(37)39)23-11-12-28-29(19-23)36-30(35-28)20-7-9-21(10-8-20)31(38)40-2/h3,5-12,15-19,33H,4,13-14H2,1-2H3,(H,34,39)(H,35,36). The normalized spacial score (nSPS) is 13.2. The molecule has 40 heavy (non-hydrogen) atoms. The predicted octanol–water partition coefficient (Wildman–Crippen LogP) is 6.31. The number of hydrogen-bond acceptors (Lipinski definition) is 5. The molecule has 0 radical (unpaired) electrons. The second-order valence-electron chi connectivity index (χ2n) is 9.72. The molecule has 1 aliphatic heterocycles. The molecule has 2 amide bonds. The quantitative estimate of drug-likeness (QED) is 0.223. The van der Waals surface area contributed by atoms with E-state index in [9.17, 15) is 9.59 Å². The van der Waals surface area contributed by atoms with Crippen molar-refractivity contribution < 1.29 is 14.3 Å². The first-order chi connectivity index (χ1) is 19.5. The van der Waals surface area contributed by atoms with Crippen molar-refractivity contribution in [1.29, 1.82) is 0 Å². The number of anilines is 2. The van der Waals surface area contributed by atoms with Crippen LogP contribution in [0.1, 0.15) is 16.8 Å². The van der Waals surface area contributed by atoms with Crippen LogP contribution in [0.3, 0.4) is 0 Å². The lowest BCUT2D eigenvalue weighted by atomic mass is 9.97. The van der Waals surface area contributed by atoms with E-state index in [1.165, 1.54) is 7.11 Å². The topological polar surface area (TPSA) is 99.3 Å². The number of rotatable bonds is 6. The zero-order valence-electron chi connectivity index (χ0n) is 22.3. The third-order valence-electron chi connectivity index (χ3n) is 7.19. The van der Waals surface area contributed by atoms with E-state index in [1.807, 2.05) is 42.3 Å². The van der Waals surface area contributed by atoms with Gasteiger partial charge in [-0.15, -0.1) is 0 Å². The minimum atomic E-state index is -0.373. The van der Waals surface area contributed by atoms with Gasteiger partial charge in [0.2, 0.25) is 0 Å². The fourth-order valence-electron chi connectivity index (χ4n) is 5.04. The summed E-state index contributed by atoms with van der Waals surface area (Å²) in [5.41, 5.74) is 9.07. The van der Waals surface area contributed by atoms with Crippen LogP contribution in [0.4, 0.5) is 16.2 Å². The molecule has 200 valence electrons. The fraction of sp³-hybridized carbons (Fsp3) is 0.156. The summed E-state index contributed by atoms with van der Waals surface area (Å²) in [6, 6.07) is 27.7. The average molecular weight is 532 g/mol. The molecule has 0 aliphatic carbocycles. The Labute approximate surface area is 232 Å². The van der Waals surface area contributed by atoms with Crippen molar-refractivity contribution in [2.24, 2.45) is 0 Å². The monoisotopic (exact) mass is 531 g/mol. The van der Waals surface area contributed by atoms with E-state index in [4.69, 9.17) is 9.72 Å². The Hall–Kier alpha value is -5.11. The summed E-state index contributed by atoms with van der Waals surface area (Å²) in [5.74, 6) is 0.342. The number of hydrogen-bond donors (Lipinski definition) is 3. The number of fused-ring (bicyclic) bond motifs is 1. The number of amides is 2. The number of esters is 1. The number of nitrogens with zero attached hydrogens (tertiary/aromatic N) is 2. The molecule has 0 saturated carbocycles. The van der Waals surface area contributed by atoms with Crippen molar-refractivity contribution in [1.82, 2.24) is 15.3 Å². The van der Waals surface area contributed by atoms with E-state index in [1.54, 1.807) is 12.1 Å². The van der Waals surface area contributed by atoms with Gasteiger partial charge in [0.15, 0.2) is 0 Å². The largest absolute Gasteiger partial charge is 0.465 e. The Morgan fingerprint density at radius 2 is 1.65 bits per heavy atom. The van der Waals surface area contributed by atoms with Crippen molar-refractivity contribution in [3.8, 4) is 33.6 Å². The molecule has 4 aromatic carbocycles. The number of methoxy groups -OCH3 is 1. The van der Waals surface area contributed by atoms with Crippen molar-refractivity contribution in [3.63, 3.8) is 0 Å². The van der Waals surface area contributed by atoms with Gasteiger partial charge in [0, 0.05) is 37.1 Å². The first kappa shape index (κ1) is 25.2. The van der Waals surface area contributed by atoms with E-state index >= 15 is 0 Å². The van der Waals surface area contributed by atoms with Gasteiger partial charge in [-0.2, -0.15) is 0 Å². The molecule has 0 spiro atoms. The highest BCUT2D eigenvalue weighted by atomic mass is 16.5. The third-order valence-corrected chi connectivity index (χ3v) is 7.19. The molecule has 0 bridgehead atoms. The molecule has 6 rings (SSSR count). The summed E-state index contributed by atoms with van der Waals surface area (Å²) in [5, 5.41) is 6.17. The Morgan fingerprint density at radius 1 is 0.900 bits per heavy atom. The van der Waals surface area contributed by atoms with Crippen LogP contribution in [-0.2, 0) is 4.74 Å². The molecular weight excluding hydrogens is 502 g/mol. The van der Waals surface area contributed by atoms with Crippen LogP contribution in [0.15, 0.2) is 84.9 Å². The Bertz CT molecular complexity index is 1720. The summed E-state index contributed by atoms with van der Waals surface area (Å²) in [6.45, 7) is 1.36. The highest BCUT2D eigenvalue weighted by molar-refractivity contribution is 5.95. The second kappa shape index (κ2) is 10.6. The maximum absolute atomic E-state index is 12.7. The van der Waals surface area contributed by atoms with Gasteiger partial charge in [-0.3, -0.25) is 4.90 Å². The van der Waals surface area contributed by atoms with Crippen LogP contribution in [0.2, 0.25) is 0 Å². The van der Waals surface area contributed by atoms with Gasteiger partial charge in [-0.25, -0.2) is 14.6 Å². The number of carbonyl (C=O) groups excluding carboxylic acids is 2. The summed E-state index contributed by atoms with van der Waals surface area (Å²) >= 11 is 0. The van der Waals surface area contributed by atoms with Gasteiger partial charge < -0.3 is 20.4 Å². The average Bonchev–Trinajstić information content (AvgIpc) is 3.44. The minimum Gasteiger partial charge on any atom is -0.465 e. The molecule has 1 saturated heterocycles. The van der Waals surface area contributed by atoms with Crippen LogP contribution in [0.5, 0.6) is 0 Å². The van der Waals surface area contributed by atoms with Crippen LogP contribution in [0, 0.1) is 0 Å². The molecule has 3 N–H and O–H groups in total. The molecule has 2 heterocycles. The number of ether oxygens (including phenoxy) is 1. The second-order valence-corrected chi connectivity index (χ2v) is 9.72. The molecule has 8 heteroatoms. The number of nitrogens with one attached hydrogen (secondary N) is 3. The van der Waals surface area contributed by atoms with Gasteiger partial charge in [-0.1, -0.05) is 30.3 Å². The molecule has 0 atom stereocenters. The van der Waals surface area contributed by atoms with E-state index < -0.39 is 0 Å². The fourth-order valence-corrected chi connectivity index (χ4v) is 5.04. The van der Waals surface area contributed by atoms with Crippen molar-refractivity contribution in [2.45, 2.75) is 6.42 Å². The SMILES string of the molecule is CNc1cccc(-c2cc(-c3ccc4nc(-c5ccc(C(=O)OC)cc5)[nH]c4c3)cc(N3CCCNC3=O)c2)c1. The van der Waals surface area contributed by atoms with E-state index in [2.05, 4.69) is 58.1 Å². The molecule has 1 aromatic heterocycles. The molecule has 1 aliphatic rings. The van der Waals surface area contributed by atoms with Crippen molar-refractivity contribution in [2.75, 3.05) is 37.5 Å². The third kappa shape index (κ3) is 4.87. The Balaban J connectivity index is 1.41. The minimum absolute atomic E-state index is 0.0785. The summed E-state index contributed by atoms with van der Waals surface area (Å²) in [7, 11) is 3.27. The molecule has 5 aromatic rings. The summed E-state index contributed by atoms with van der Waals surface area (Å²) in [4.78, 5) is 34.5. The first-order valence-corrected chi connectivity index (χ1v) is 13.2. The van der Waals surface area contributed by atoms with Crippen LogP contribution >= 0.6 is 0 Å². The lowest BCUT2D eigenvalue weighted by Crippen LogP contribution is -2.46. The Morgan fingerprint density at radius 3 is 2.38 bits per heavy atom. The van der Waals surface area contributed by atoms with Crippen LogP contribution in [0.25, 0.3) is 44.7 Å². The number of benzene rings is 4. The molecule has 0 unspecified atom stereocenters. The lowest BCUT2D eigenvalue weighted by Gasteiger charge is -2.28. The molecule has 1 fully saturated rings. The van der Waals surface area contributed by atoms with Crippen molar-refractivity contribution in [3.05, 3.63) is 90.5 Å². The Kier molecular flexibility index (Phi) is 6.66. The van der Waals surface area contributed by atoms with E-state index in [0.29, 0.717) is 24.5 Å². The zero-order chi connectivity index (χ0) is 27.6. The van der Waals surface area contributed by atoms with E-state index in [0.717, 1.165) is 56.6 Å². The molecule has 8 nitrogen and oxygen atoms in total. The van der Waals surface area contributed by atoms with E-state index in [-0.39, 0.29) is 12.0 Å². The number of imidazole rings is 1. The van der Waals surface area contributed by atoms with Gasteiger partial charge in [-0.05, 0) is 83.3 Å². The number of carbonyl (C=O) groups is 2.